The summed E-state index contributed by atoms with van der Waals surface area (Å²) in [5, 5.41) is 9.66. The topological polar surface area (TPSA) is 104 Å². The third-order valence-electron chi connectivity index (χ3n) is 5.06. The van der Waals surface area contributed by atoms with E-state index < -0.39 is 11.2 Å². The Morgan fingerprint density at radius 1 is 1.21 bits per heavy atom. The van der Waals surface area contributed by atoms with Gasteiger partial charge in [-0.2, -0.15) is 4.98 Å². The fourth-order valence-electron chi connectivity index (χ4n) is 3.42. The fourth-order valence-corrected chi connectivity index (χ4v) is 3.53. The van der Waals surface area contributed by atoms with Gasteiger partial charge in [0.15, 0.2) is 11.2 Å². The summed E-state index contributed by atoms with van der Waals surface area (Å²) in [6.45, 7) is 0.0650. The third kappa shape index (κ3) is 4.39. The van der Waals surface area contributed by atoms with Gasteiger partial charge in [0.2, 0.25) is 0 Å². The highest BCUT2D eigenvalue weighted by molar-refractivity contribution is 6.30. The molecule has 1 N–H and O–H groups in total. The number of imidazole rings is 1. The highest BCUT2D eigenvalue weighted by Gasteiger charge is 2.22. The first-order valence-electron chi connectivity index (χ1n) is 10.1. The minimum atomic E-state index is -0.532. The molecule has 4 rings (SSSR count). The van der Waals surface area contributed by atoms with Crippen LogP contribution in [0.25, 0.3) is 11.2 Å². The number of hydrogen-bond donors (Lipinski definition) is 1. The van der Waals surface area contributed by atoms with Crippen molar-refractivity contribution in [1.29, 1.82) is 0 Å². The van der Waals surface area contributed by atoms with E-state index in [0.717, 1.165) is 4.57 Å². The van der Waals surface area contributed by atoms with Crippen LogP contribution >= 0.6 is 11.6 Å². The van der Waals surface area contributed by atoms with E-state index in [1.807, 2.05) is 0 Å². The molecule has 0 saturated carbocycles. The van der Waals surface area contributed by atoms with Gasteiger partial charge in [-0.3, -0.25) is 23.5 Å². The number of nitrogens with zero attached hydrogens (tertiary/aromatic N) is 5. The lowest BCUT2D eigenvalue weighted by Gasteiger charge is -2.11. The van der Waals surface area contributed by atoms with Crippen LogP contribution in [-0.4, -0.2) is 35.4 Å². The fraction of sp³-hybridized carbons (Fsp3) is 0.217. The summed E-state index contributed by atoms with van der Waals surface area (Å²) in [5.74, 6) is 2.97. The van der Waals surface area contributed by atoms with Crippen LogP contribution in [-0.2, 0) is 20.1 Å². The van der Waals surface area contributed by atoms with Crippen LogP contribution in [0.2, 0.25) is 5.02 Å². The summed E-state index contributed by atoms with van der Waals surface area (Å²) >= 11 is 5.95. The second kappa shape index (κ2) is 9.32. The van der Waals surface area contributed by atoms with Crippen molar-refractivity contribution in [3.05, 3.63) is 79.7 Å². The Hall–Kier alpha value is -3.87. The van der Waals surface area contributed by atoms with Gasteiger partial charge in [0.05, 0.1) is 17.3 Å². The van der Waals surface area contributed by atoms with Crippen LogP contribution in [0.1, 0.15) is 17.7 Å². The maximum Gasteiger partial charge on any atom is 0.332 e. The highest BCUT2D eigenvalue weighted by Crippen LogP contribution is 2.25. The van der Waals surface area contributed by atoms with E-state index in [1.165, 1.54) is 17.8 Å². The van der Waals surface area contributed by atoms with Crippen LogP contribution < -0.4 is 16.0 Å². The molecular formula is C23H20ClN5O4. The highest BCUT2D eigenvalue weighted by atomic mass is 35.5. The number of hydrogen-bond acceptors (Lipinski definition) is 6. The van der Waals surface area contributed by atoms with Crippen molar-refractivity contribution in [3.63, 3.8) is 0 Å². The van der Waals surface area contributed by atoms with Crippen molar-refractivity contribution in [2.75, 3.05) is 6.61 Å². The number of aromatic nitrogens is 5. The Morgan fingerprint density at radius 2 is 2.03 bits per heavy atom. The summed E-state index contributed by atoms with van der Waals surface area (Å²) in [5.41, 5.74) is 0.507. The number of ether oxygens (including phenoxy) is 1. The molecule has 0 unspecified atom stereocenters. The van der Waals surface area contributed by atoms with Crippen molar-refractivity contribution in [1.82, 2.24) is 23.7 Å². The summed E-state index contributed by atoms with van der Waals surface area (Å²) in [4.78, 5) is 34.9. The van der Waals surface area contributed by atoms with Gasteiger partial charge < -0.3 is 9.84 Å². The van der Waals surface area contributed by atoms with E-state index in [1.54, 1.807) is 41.0 Å². The molecule has 3 heterocycles. The van der Waals surface area contributed by atoms with Crippen LogP contribution in [0.4, 0.5) is 0 Å². The molecule has 0 aliphatic carbocycles. The summed E-state index contributed by atoms with van der Waals surface area (Å²) in [6, 6.07) is 10.4. The van der Waals surface area contributed by atoms with E-state index in [-0.39, 0.29) is 43.3 Å². The predicted octanol–water partition coefficient (Wildman–Crippen LogP) is 2.15. The zero-order valence-corrected chi connectivity index (χ0v) is 18.5. The number of aryl methyl sites for hydroxylation is 1. The largest absolute Gasteiger partial charge is 0.425 e. The molecule has 0 fully saturated rings. The first kappa shape index (κ1) is 22.3. The van der Waals surface area contributed by atoms with Crippen molar-refractivity contribution >= 4 is 22.8 Å². The molecule has 0 radical (unpaired) electrons. The molecule has 3 aromatic heterocycles. The molecule has 0 atom stereocenters. The molecule has 1 aromatic carbocycles. The number of fused-ring (bicyclic) bond motifs is 1. The first-order chi connectivity index (χ1) is 15.9. The molecule has 0 saturated heterocycles. The minimum absolute atomic E-state index is 0.0721. The van der Waals surface area contributed by atoms with Gasteiger partial charge in [0, 0.05) is 32.0 Å². The molecule has 0 amide bonds. The Kier molecular flexibility index (Phi) is 6.31. The van der Waals surface area contributed by atoms with Gasteiger partial charge in [-0.05, 0) is 36.8 Å². The number of aliphatic hydroxyl groups excluding tert-OH is 1. The van der Waals surface area contributed by atoms with E-state index >= 15 is 0 Å². The number of pyridine rings is 1. The van der Waals surface area contributed by atoms with E-state index in [0.29, 0.717) is 22.0 Å². The lowest BCUT2D eigenvalue weighted by Crippen LogP contribution is -2.39. The van der Waals surface area contributed by atoms with E-state index in [2.05, 4.69) is 15.9 Å². The average Bonchev–Trinajstić information content (AvgIpc) is 3.17. The summed E-state index contributed by atoms with van der Waals surface area (Å²) in [6.07, 6.45) is 7.25. The Bertz CT molecular complexity index is 1480. The Labute approximate surface area is 193 Å². The number of aliphatic hydroxyl groups is 1. The maximum absolute atomic E-state index is 13.3. The Morgan fingerprint density at radius 3 is 2.73 bits per heavy atom. The van der Waals surface area contributed by atoms with Gasteiger partial charge >= 0.3 is 11.7 Å². The van der Waals surface area contributed by atoms with Gasteiger partial charge in [0.25, 0.3) is 5.56 Å². The molecule has 0 bridgehead atoms. The maximum atomic E-state index is 13.3. The van der Waals surface area contributed by atoms with Crippen LogP contribution in [0.5, 0.6) is 11.8 Å². The summed E-state index contributed by atoms with van der Waals surface area (Å²) < 4.78 is 9.92. The molecular weight excluding hydrogens is 446 g/mol. The quantitative estimate of drug-likeness (QED) is 0.419. The molecule has 0 aliphatic heterocycles. The number of rotatable bonds is 7. The lowest BCUT2D eigenvalue weighted by molar-refractivity contribution is 0.277. The number of benzene rings is 1. The normalized spacial score (nSPS) is 11.0. The van der Waals surface area contributed by atoms with Gasteiger partial charge in [-0.25, -0.2) is 4.79 Å². The average molecular weight is 466 g/mol. The molecule has 33 heavy (non-hydrogen) atoms. The van der Waals surface area contributed by atoms with Crippen molar-refractivity contribution in [2.24, 2.45) is 7.05 Å². The van der Waals surface area contributed by atoms with Crippen LogP contribution in [0.3, 0.4) is 0 Å². The monoisotopic (exact) mass is 465 g/mol. The molecule has 0 spiro atoms. The van der Waals surface area contributed by atoms with Crippen molar-refractivity contribution in [2.45, 2.75) is 19.5 Å². The number of halogens is 1. The Balaban J connectivity index is 1.93. The second-order valence-electron chi connectivity index (χ2n) is 7.27. The van der Waals surface area contributed by atoms with E-state index in [4.69, 9.17) is 22.8 Å². The van der Waals surface area contributed by atoms with Crippen molar-refractivity contribution in [3.8, 4) is 24.1 Å². The van der Waals surface area contributed by atoms with E-state index in [9.17, 15) is 14.7 Å². The standard InChI is InChI=1S/C23H20ClN5O4/c1-3-15-6-4-7-18(12-15)33-22-26-20-19(29(22)14-17-9-8-16(24)13-25-17)21(31)28(10-5-11-30)23(32)27(20)2/h1,4,6-9,12-13,30H,5,10-11,14H2,2H3. The first-order valence-corrected chi connectivity index (χ1v) is 10.5. The van der Waals surface area contributed by atoms with Gasteiger partial charge in [-0.15, -0.1) is 6.42 Å². The molecule has 0 aliphatic rings. The number of terminal acetylenes is 1. The minimum Gasteiger partial charge on any atom is -0.425 e. The molecule has 10 heteroatoms. The zero-order chi connectivity index (χ0) is 23.5. The molecule has 168 valence electrons. The van der Waals surface area contributed by atoms with Crippen LogP contribution in [0, 0.1) is 12.3 Å². The van der Waals surface area contributed by atoms with Gasteiger partial charge in [0.1, 0.15) is 5.75 Å². The van der Waals surface area contributed by atoms with Crippen molar-refractivity contribution < 1.29 is 9.84 Å². The van der Waals surface area contributed by atoms with Crippen LogP contribution in [0.15, 0.2) is 52.2 Å². The second-order valence-corrected chi connectivity index (χ2v) is 7.71. The molecule has 9 nitrogen and oxygen atoms in total. The molecule has 4 aromatic rings. The predicted molar refractivity (Wildman–Crippen MR) is 124 cm³/mol. The summed E-state index contributed by atoms with van der Waals surface area (Å²) in [7, 11) is 1.53. The smallest absolute Gasteiger partial charge is 0.332 e. The lowest BCUT2D eigenvalue weighted by atomic mass is 10.2. The van der Waals surface area contributed by atoms with Gasteiger partial charge in [-0.1, -0.05) is 23.6 Å². The zero-order valence-electron chi connectivity index (χ0n) is 17.7. The SMILES string of the molecule is C#Cc1cccc(Oc2nc3c(c(=O)n(CCCO)c(=O)n3C)n2Cc2ccc(Cl)cn2)c1. The third-order valence-corrected chi connectivity index (χ3v) is 5.28.